The van der Waals surface area contributed by atoms with Crippen LogP contribution in [0.15, 0.2) is 30.3 Å². The Morgan fingerprint density at radius 2 is 1.84 bits per heavy atom. The van der Waals surface area contributed by atoms with Gasteiger partial charge in [-0.25, -0.2) is 0 Å². The number of benzene rings is 1. The van der Waals surface area contributed by atoms with E-state index in [-0.39, 0.29) is 24.3 Å². The zero-order valence-electron chi connectivity index (χ0n) is 17.5. The van der Waals surface area contributed by atoms with Crippen LogP contribution in [0.1, 0.15) is 46.5 Å². The number of carbonyl (C=O) groups is 3. The summed E-state index contributed by atoms with van der Waals surface area (Å²) in [6.07, 6.45) is 5.57. The Kier molecular flexibility index (Phi) is 6.67. The third-order valence-corrected chi connectivity index (χ3v) is 7.16. The molecule has 0 unspecified atom stereocenters. The fourth-order valence-electron chi connectivity index (χ4n) is 4.46. The Morgan fingerprint density at radius 3 is 2.61 bits per heavy atom. The molecule has 0 radical (unpaired) electrons. The highest BCUT2D eigenvalue weighted by Crippen LogP contribution is 2.37. The van der Waals surface area contributed by atoms with Gasteiger partial charge < -0.3 is 16.4 Å². The Labute approximate surface area is 186 Å². The summed E-state index contributed by atoms with van der Waals surface area (Å²) >= 11 is 1.47. The monoisotopic (exact) mass is 440 g/mol. The lowest BCUT2D eigenvalue weighted by molar-refractivity contribution is -0.123. The molecule has 3 amide bonds. The maximum absolute atomic E-state index is 12.7. The van der Waals surface area contributed by atoms with Crippen molar-refractivity contribution in [2.75, 3.05) is 30.3 Å². The smallest absolute Gasteiger partial charge is 0.251 e. The summed E-state index contributed by atoms with van der Waals surface area (Å²) in [5.74, 6) is -0.828. The highest BCUT2D eigenvalue weighted by Gasteiger charge is 2.28. The molecule has 1 fully saturated rings. The first-order chi connectivity index (χ1) is 15.0. The number of anilines is 2. The van der Waals surface area contributed by atoms with Crippen LogP contribution in [0, 0.1) is 5.92 Å². The van der Waals surface area contributed by atoms with Crippen molar-refractivity contribution in [3.05, 3.63) is 46.3 Å². The molecule has 8 heteroatoms. The van der Waals surface area contributed by atoms with Gasteiger partial charge in [0.05, 0.1) is 18.0 Å². The number of hydrogen-bond acceptors (Lipinski definition) is 5. The number of hydrogen-bond donors (Lipinski definition) is 3. The van der Waals surface area contributed by atoms with E-state index in [9.17, 15) is 14.4 Å². The second-order valence-electron chi connectivity index (χ2n) is 8.26. The number of piperidine rings is 1. The molecule has 1 saturated heterocycles. The number of thiophene rings is 1. The maximum Gasteiger partial charge on any atom is 0.251 e. The van der Waals surface area contributed by atoms with Crippen molar-refractivity contribution >= 4 is 39.7 Å². The van der Waals surface area contributed by atoms with Gasteiger partial charge in [0.2, 0.25) is 11.8 Å². The predicted molar refractivity (Wildman–Crippen MR) is 122 cm³/mol. The Balaban J connectivity index is 1.36. The van der Waals surface area contributed by atoms with Crippen molar-refractivity contribution in [3.63, 3.8) is 0 Å². The molecule has 4 rings (SSSR count). The van der Waals surface area contributed by atoms with Gasteiger partial charge in [0.25, 0.3) is 5.91 Å². The van der Waals surface area contributed by atoms with Crippen LogP contribution in [-0.4, -0.2) is 42.3 Å². The summed E-state index contributed by atoms with van der Waals surface area (Å²) < 4.78 is 0. The third kappa shape index (κ3) is 5.14. The van der Waals surface area contributed by atoms with Gasteiger partial charge in [-0.2, -0.15) is 0 Å². The molecule has 1 atom stereocenters. The van der Waals surface area contributed by atoms with E-state index in [1.54, 1.807) is 0 Å². The number of primary amides is 1. The standard InChI is InChI=1S/C23H28N4O3S/c24-21(29)20-17-10-4-5-11-18(17)31-23(20)26-19(28)14-27-12-6-7-15(13-27)22(30)25-16-8-2-1-3-9-16/h1-3,8-9,15H,4-7,10-14H2,(H2,24,29)(H,25,30)(H,26,28)/t15-/m0/s1. The van der Waals surface area contributed by atoms with E-state index in [4.69, 9.17) is 5.73 Å². The molecule has 1 aliphatic carbocycles. The fourth-order valence-corrected chi connectivity index (χ4v) is 5.77. The van der Waals surface area contributed by atoms with E-state index in [2.05, 4.69) is 10.6 Å². The SMILES string of the molecule is NC(=O)c1c(NC(=O)CN2CCC[C@H](C(=O)Nc3ccccc3)C2)sc2c1CCCC2. The van der Waals surface area contributed by atoms with Crippen molar-refractivity contribution in [3.8, 4) is 0 Å². The molecular formula is C23H28N4O3S. The van der Waals surface area contributed by atoms with Crippen LogP contribution in [0.4, 0.5) is 10.7 Å². The van der Waals surface area contributed by atoms with Crippen LogP contribution >= 0.6 is 11.3 Å². The first kappa shape index (κ1) is 21.5. The second-order valence-corrected chi connectivity index (χ2v) is 9.36. The highest BCUT2D eigenvalue weighted by molar-refractivity contribution is 7.17. The summed E-state index contributed by atoms with van der Waals surface area (Å²) in [5, 5.41) is 6.44. The molecule has 2 heterocycles. The van der Waals surface area contributed by atoms with Crippen molar-refractivity contribution in [1.82, 2.24) is 4.90 Å². The molecule has 0 spiro atoms. The normalized spacial score (nSPS) is 18.8. The molecule has 1 aliphatic heterocycles. The minimum atomic E-state index is -0.481. The number of rotatable bonds is 6. The number of amides is 3. The fraction of sp³-hybridized carbons (Fsp3) is 0.435. The number of nitrogens with zero attached hydrogens (tertiary/aromatic N) is 1. The topological polar surface area (TPSA) is 105 Å². The van der Waals surface area contributed by atoms with Crippen molar-refractivity contribution in [1.29, 1.82) is 0 Å². The average Bonchev–Trinajstić information content (AvgIpc) is 3.12. The number of nitrogens with one attached hydrogen (secondary N) is 2. The summed E-state index contributed by atoms with van der Waals surface area (Å²) in [5.41, 5.74) is 7.89. The second kappa shape index (κ2) is 9.62. The number of aryl methyl sites for hydroxylation is 1. The molecule has 4 N–H and O–H groups in total. The molecule has 164 valence electrons. The first-order valence-corrected chi connectivity index (χ1v) is 11.7. The van der Waals surface area contributed by atoms with E-state index in [1.165, 1.54) is 11.3 Å². The summed E-state index contributed by atoms with van der Waals surface area (Å²) in [7, 11) is 0. The molecule has 2 aliphatic rings. The Morgan fingerprint density at radius 1 is 1.06 bits per heavy atom. The third-order valence-electron chi connectivity index (χ3n) is 5.96. The quantitative estimate of drug-likeness (QED) is 0.642. The van der Waals surface area contributed by atoms with Gasteiger partial charge in [-0.1, -0.05) is 18.2 Å². The van der Waals surface area contributed by atoms with Gasteiger partial charge in [-0.3, -0.25) is 19.3 Å². The number of para-hydroxylation sites is 1. The zero-order chi connectivity index (χ0) is 21.8. The molecule has 2 aromatic rings. The maximum atomic E-state index is 12.7. The lowest BCUT2D eigenvalue weighted by Crippen LogP contribution is -2.44. The Hall–Kier alpha value is -2.71. The largest absolute Gasteiger partial charge is 0.365 e. The van der Waals surface area contributed by atoms with Gasteiger partial charge in [0.15, 0.2) is 0 Å². The summed E-state index contributed by atoms with van der Waals surface area (Å²) in [4.78, 5) is 40.6. The van der Waals surface area contributed by atoms with E-state index in [1.807, 2.05) is 35.2 Å². The van der Waals surface area contributed by atoms with Gasteiger partial charge >= 0.3 is 0 Å². The lowest BCUT2D eigenvalue weighted by atomic mass is 9.95. The molecule has 0 bridgehead atoms. The molecule has 7 nitrogen and oxygen atoms in total. The average molecular weight is 441 g/mol. The minimum Gasteiger partial charge on any atom is -0.365 e. The van der Waals surface area contributed by atoms with Gasteiger partial charge in [-0.15, -0.1) is 11.3 Å². The van der Waals surface area contributed by atoms with Crippen molar-refractivity contribution in [2.24, 2.45) is 11.7 Å². The van der Waals surface area contributed by atoms with Gasteiger partial charge in [-0.05, 0) is 62.8 Å². The Bertz CT molecular complexity index is 973. The predicted octanol–water partition coefficient (Wildman–Crippen LogP) is 3.02. The van der Waals surface area contributed by atoms with E-state index in [0.29, 0.717) is 17.1 Å². The molecule has 0 saturated carbocycles. The van der Waals surface area contributed by atoms with Crippen molar-refractivity contribution in [2.45, 2.75) is 38.5 Å². The molecule has 1 aromatic heterocycles. The number of carbonyl (C=O) groups excluding carboxylic acids is 3. The van der Waals surface area contributed by atoms with Crippen LogP contribution in [-0.2, 0) is 22.4 Å². The van der Waals surface area contributed by atoms with Crippen molar-refractivity contribution < 1.29 is 14.4 Å². The lowest BCUT2D eigenvalue weighted by Gasteiger charge is -2.31. The number of likely N-dealkylation sites (tertiary alicyclic amines) is 1. The van der Waals surface area contributed by atoms with Crippen LogP contribution in [0.2, 0.25) is 0 Å². The minimum absolute atomic E-state index is 0.0155. The van der Waals surface area contributed by atoms with Crippen LogP contribution in [0.5, 0.6) is 0 Å². The van der Waals surface area contributed by atoms with E-state index in [0.717, 1.165) is 61.2 Å². The number of fused-ring (bicyclic) bond motifs is 1. The van der Waals surface area contributed by atoms with Gasteiger partial charge in [0, 0.05) is 17.1 Å². The van der Waals surface area contributed by atoms with Crippen LogP contribution < -0.4 is 16.4 Å². The van der Waals surface area contributed by atoms with Gasteiger partial charge in [0.1, 0.15) is 5.00 Å². The van der Waals surface area contributed by atoms with E-state index >= 15 is 0 Å². The number of nitrogens with two attached hydrogens (primary N) is 1. The summed E-state index contributed by atoms with van der Waals surface area (Å²) in [6.45, 7) is 1.50. The highest BCUT2D eigenvalue weighted by atomic mass is 32.1. The first-order valence-electron chi connectivity index (χ1n) is 10.8. The molecule has 31 heavy (non-hydrogen) atoms. The van der Waals surface area contributed by atoms with Crippen LogP contribution in [0.3, 0.4) is 0 Å². The van der Waals surface area contributed by atoms with E-state index < -0.39 is 5.91 Å². The molecule has 1 aromatic carbocycles. The molecular weight excluding hydrogens is 412 g/mol. The zero-order valence-corrected chi connectivity index (χ0v) is 18.3. The van der Waals surface area contributed by atoms with Crippen LogP contribution in [0.25, 0.3) is 0 Å². The summed E-state index contributed by atoms with van der Waals surface area (Å²) in [6, 6.07) is 9.40.